The first-order valence-corrected chi connectivity index (χ1v) is 14.3. The second kappa shape index (κ2) is 13.4. The molecule has 2 atom stereocenters. The predicted octanol–water partition coefficient (Wildman–Crippen LogP) is 5.15. The number of carbonyl (C=O) groups is 2. The molecule has 1 N–H and O–H groups in total. The highest BCUT2D eigenvalue weighted by Gasteiger charge is 2.27. The molecule has 12 heteroatoms. The van der Waals surface area contributed by atoms with Gasteiger partial charge in [-0.3, -0.25) is 13.9 Å². The summed E-state index contributed by atoms with van der Waals surface area (Å²) < 4.78 is 52.6. The van der Waals surface area contributed by atoms with Gasteiger partial charge in [-0.25, -0.2) is 17.2 Å². The normalized spacial score (nSPS) is 13.1. The number of carbonyl (C=O) groups excluding carboxylic acids is 2. The van der Waals surface area contributed by atoms with E-state index in [0.29, 0.717) is 22.0 Å². The molecule has 2 rings (SSSR count). The van der Waals surface area contributed by atoms with Gasteiger partial charge in [0.2, 0.25) is 21.8 Å². The highest BCUT2D eigenvalue weighted by atomic mass is 35.5. The van der Waals surface area contributed by atoms with Gasteiger partial charge < -0.3 is 10.2 Å². The van der Waals surface area contributed by atoms with Gasteiger partial charge in [-0.05, 0) is 56.5 Å². The zero-order valence-electron chi connectivity index (χ0n) is 21.1. The molecule has 2 amide bonds. The lowest BCUT2D eigenvalue weighted by molar-refractivity contribution is -0.140. The van der Waals surface area contributed by atoms with Crippen molar-refractivity contribution in [3.8, 4) is 0 Å². The number of hydrogen-bond acceptors (Lipinski definition) is 4. The highest BCUT2D eigenvalue weighted by Crippen LogP contribution is 2.25. The second-order valence-corrected chi connectivity index (χ2v) is 11.5. The number of nitrogens with zero attached hydrogens (tertiary/aromatic N) is 2. The number of sulfonamides is 1. The second-order valence-electron chi connectivity index (χ2n) is 8.80. The molecule has 0 aliphatic rings. The lowest BCUT2D eigenvalue weighted by Gasteiger charge is -2.30. The van der Waals surface area contributed by atoms with Crippen molar-refractivity contribution in [2.24, 2.45) is 0 Å². The minimum absolute atomic E-state index is 0.0530. The van der Waals surface area contributed by atoms with Gasteiger partial charge in [0.05, 0.1) is 22.0 Å². The summed E-state index contributed by atoms with van der Waals surface area (Å²) in [6.45, 7) is 5.31. The van der Waals surface area contributed by atoms with Crippen LogP contribution < -0.4 is 9.62 Å². The van der Waals surface area contributed by atoms with E-state index in [9.17, 15) is 26.8 Å². The maximum absolute atomic E-state index is 13.7. The van der Waals surface area contributed by atoms with Gasteiger partial charge in [-0.2, -0.15) is 0 Å². The fourth-order valence-corrected chi connectivity index (χ4v) is 4.80. The lowest BCUT2D eigenvalue weighted by atomic mass is 10.1. The minimum Gasteiger partial charge on any atom is -0.352 e. The van der Waals surface area contributed by atoms with Gasteiger partial charge in [-0.1, -0.05) is 36.2 Å². The van der Waals surface area contributed by atoms with Gasteiger partial charge in [-0.15, -0.1) is 0 Å². The molecule has 0 saturated heterocycles. The Morgan fingerprint density at radius 3 is 2.27 bits per heavy atom. The Morgan fingerprint density at radius 2 is 1.70 bits per heavy atom. The Morgan fingerprint density at radius 1 is 1.03 bits per heavy atom. The third kappa shape index (κ3) is 8.83. The minimum atomic E-state index is -3.84. The number of rotatable bonds is 12. The molecule has 0 fully saturated rings. The van der Waals surface area contributed by atoms with Gasteiger partial charge in [0.25, 0.3) is 0 Å². The summed E-state index contributed by atoms with van der Waals surface area (Å²) in [6.07, 6.45) is 1.62. The smallest absolute Gasteiger partial charge is 0.242 e. The van der Waals surface area contributed by atoms with Crippen molar-refractivity contribution in [1.82, 2.24) is 10.2 Å². The van der Waals surface area contributed by atoms with E-state index in [0.717, 1.165) is 28.8 Å². The Bertz CT molecular complexity index is 1230. The van der Waals surface area contributed by atoms with E-state index >= 15 is 0 Å². The third-order valence-corrected chi connectivity index (χ3v) is 7.78. The van der Waals surface area contributed by atoms with Crippen molar-refractivity contribution in [2.45, 2.75) is 58.7 Å². The first kappa shape index (κ1) is 30.8. The van der Waals surface area contributed by atoms with Gasteiger partial charge in [0.1, 0.15) is 6.04 Å². The van der Waals surface area contributed by atoms with Crippen LogP contribution in [0.2, 0.25) is 10.0 Å². The van der Waals surface area contributed by atoms with Crippen LogP contribution in [0.5, 0.6) is 0 Å². The van der Waals surface area contributed by atoms with E-state index in [4.69, 9.17) is 23.2 Å². The average molecular weight is 579 g/mol. The zero-order chi connectivity index (χ0) is 27.9. The molecule has 0 spiro atoms. The number of nitrogens with one attached hydrogen (secondary N) is 1. The Kier molecular flexibility index (Phi) is 11.1. The standard InChI is InChI=1S/C25H31Cl2F2N3O4S/c1-5-16(2)30-25(34)17(3)31(15-18-8-10-20(26)21(27)13-18)24(33)7-6-12-32(37(4,35)36)19-9-11-22(28)23(29)14-19/h8-11,13-14,16-17H,5-7,12,15H2,1-4H3,(H,30,34)/t16-,17-/m1/s1. The summed E-state index contributed by atoms with van der Waals surface area (Å²) >= 11 is 12.1. The molecular weight excluding hydrogens is 547 g/mol. The number of amides is 2. The quantitative estimate of drug-likeness (QED) is 0.378. The molecule has 37 heavy (non-hydrogen) atoms. The number of anilines is 1. The lowest BCUT2D eigenvalue weighted by Crippen LogP contribution is -2.49. The first-order chi connectivity index (χ1) is 17.2. The summed E-state index contributed by atoms with van der Waals surface area (Å²) in [5, 5.41) is 3.52. The van der Waals surface area contributed by atoms with E-state index in [1.54, 1.807) is 25.1 Å². The molecule has 0 bridgehead atoms. The summed E-state index contributed by atoms with van der Waals surface area (Å²) in [7, 11) is -3.84. The van der Waals surface area contributed by atoms with E-state index in [2.05, 4.69) is 5.32 Å². The molecule has 0 aromatic heterocycles. The molecule has 2 aromatic rings. The Labute approximate surface area is 226 Å². The largest absolute Gasteiger partial charge is 0.352 e. The van der Waals surface area contributed by atoms with E-state index in [-0.39, 0.29) is 43.6 Å². The van der Waals surface area contributed by atoms with Crippen molar-refractivity contribution in [3.05, 3.63) is 63.6 Å². The fraction of sp³-hybridized carbons (Fsp3) is 0.440. The maximum atomic E-state index is 13.7. The Balaban J connectivity index is 2.22. The topological polar surface area (TPSA) is 86.8 Å². The maximum Gasteiger partial charge on any atom is 0.242 e. The van der Waals surface area contributed by atoms with Crippen LogP contribution >= 0.6 is 23.2 Å². The van der Waals surface area contributed by atoms with Crippen molar-refractivity contribution in [3.63, 3.8) is 0 Å². The number of hydrogen-bond donors (Lipinski definition) is 1. The first-order valence-electron chi connectivity index (χ1n) is 11.7. The van der Waals surface area contributed by atoms with Gasteiger partial charge in [0.15, 0.2) is 11.6 Å². The van der Waals surface area contributed by atoms with Crippen LogP contribution in [0.25, 0.3) is 0 Å². The predicted molar refractivity (Wildman–Crippen MR) is 142 cm³/mol. The Hall–Kier alpha value is -2.43. The van der Waals surface area contributed by atoms with Crippen LogP contribution in [0.3, 0.4) is 0 Å². The summed E-state index contributed by atoms with van der Waals surface area (Å²) in [5.74, 6) is -3.01. The van der Waals surface area contributed by atoms with Crippen LogP contribution in [0, 0.1) is 11.6 Å². The van der Waals surface area contributed by atoms with Gasteiger partial charge >= 0.3 is 0 Å². The molecule has 0 aliphatic heterocycles. The van der Waals surface area contributed by atoms with E-state index in [1.165, 1.54) is 4.90 Å². The molecule has 204 valence electrons. The number of benzene rings is 2. The van der Waals surface area contributed by atoms with Crippen molar-refractivity contribution in [2.75, 3.05) is 17.1 Å². The van der Waals surface area contributed by atoms with Crippen molar-refractivity contribution >= 4 is 50.7 Å². The molecule has 0 radical (unpaired) electrons. The van der Waals surface area contributed by atoms with Crippen molar-refractivity contribution < 1.29 is 26.8 Å². The van der Waals surface area contributed by atoms with Crippen LogP contribution in [-0.2, 0) is 26.2 Å². The van der Waals surface area contributed by atoms with E-state index < -0.39 is 33.6 Å². The molecule has 2 aromatic carbocycles. The molecule has 0 aliphatic carbocycles. The molecular formula is C25H31Cl2F2N3O4S. The van der Waals surface area contributed by atoms with Crippen LogP contribution in [-0.4, -0.2) is 50.0 Å². The van der Waals surface area contributed by atoms with Crippen LogP contribution in [0.4, 0.5) is 14.5 Å². The monoisotopic (exact) mass is 577 g/mol. The third-order valence-electron chi connectivity index (χ3n) is 5.85. The molecule has 0 saturated carbocycles. The van der Waals surface area contributed by atoms with Crippen molar-refractivity contribution in [1.29, 1.82) is 0 Å². The van der Waals surface area contributed by atoms with E-state index in [1.807, 2.05) is 13.8 Å². The summed E-state index contributed by atoms with van der Waals surface area (Å²) in [5.41, 5.74) is 0.605. The molecule has 0 heterocycles. The highest BCUT2D eigenvalue weighted by molar-refractivity contribution is 7.92. The summed E-state index contributed by atoms with van der Waals surface area (Å²) in [4.78, 5) is 27.5. The van der Waals surface area contributed by atoms with Crippen LogP contribution in [0.1, 0.15) is 45.6 Å². The number of halogens is 4. The fourth-order valence-electron chi connectivity index (χ4n) is 3.53. The SMILES string of the molecule is CC[C@@H](C)NC(=O)[C@@H](C)N(Cc1ccc(Cl)c(Cl)c1)C(=O)CCCN(c1ccc(F)c(F)c1)S(C)(=O)=O. The zero-order valence-corrected chi connectivity index (χ0v) is 23.4. The van der Waals surface area contributed by atoms with Gasteiger partial charge in [0, 0.05) is 31.6 Å². The van der Waals surface area contributed by atoms with Crippen LogP contribution in [0.15, 0.2) is 36.4 Å². The average Bonchev–Trinajstić information content (AvgIpc) is 2.82. The molecule has 7 nitrogen and oxygen atoms in total. The summed E-state index contributed by atoms with van der Waals surface area (Å²) in [6, 6.07) is 6.77. The molecule has 0 unspecified atom stereocenters.